The number of aryl methyl sites for hydroxylation is 1. The van der Waals surface area contributed by atoms with Crippen LogP contribution in [-0.4, -0.2) is 27.3 Å². The topological polar surface area (TPSA) is 59.9 Å². The van der Waals surface area contributed by atoms with E-state index in [0.717, 1.165) is 13.0 Å². The second kappa shape index (κ2) is 10.8. The number of carbonyl (C=O) groups excluding carboxylic acids is 1. The number of halogens is 1. The lowest BCUT2D eigenvalue weighted by Crippen LogP contribution is -2.06. The lowest BCUT2D eigenvalue weighted by atomic mass is 10.1. The van der Waals surface area contributed by atoms with Gasteiger partial charge in [-0.3, -0.25) is 4.68 Å². The molecule has 0 spiro atoms. The number of rotatable bonds is 12. The quantitative estimate of drug-likeness (QED) is 0.409. The van der Waals surface area contributed by atoms with Gasteiger partial charge < -0.3 is 9.72 Å². The first-order valence-electron chi connectivity index (χ1n) is 9.74. The minimum absolute atomic E-state index is 0.141. The number of aromatic nitrogens is 3. The van der Waals surface area contributed by atoms with Crippen molar-refractivity contribution in [3.8, 4) is 11.1 Å². The van der Waals surface area contributed by atoms with E-state index in [4.69, 9.17) is 4.74 Å². The molecule has 0 fully saturated rings. The molecule has 0 aromatic carbocycles. The molecule has 6 heteroatoms. The van der Waals surface area contributed by atoms with Gasteiger partial charge in [-0.25, -0.2) is 9.18 Å². The number of unbranched alkanes of at least 4 members (excludes halogenated alkanes) is 7. The van der Waals surface area contributed by atoms with Gasteiger partial charge in [-0.15, -0.1) is 0 Å². The average molecular weight is 363 g/mol. The molecule has 2 rings (SSSR count). The first-order valence-corrected chi connectivity index (χ1v) is 9.74. The fraction of sp³-hybridized carbons (Fsp3) is 0.600. The van der Waals surface area contributed by atoms with Crippen LogP contribution in [0.3, 0.4) is 0 Å². The maximum Gasteiger partial charge on any atom is 0.357 e. The van der Waals surface area contributed by atoms with E-state index in [2.05, 4.69) is 17.0 Å². The van der Waals surface area contributed by atoms with E-state index in [9.17, 15) is 9.18 Å². The maximum atomic E-state index is 14.4. The van der Waals surface area contributed by atoms with Crippen molar-refractivity contribution >= 4 is 5.97 Å². The zero-order chi connectivity index (χ0) is 18.8. The zero-order valence-corrected chi connectivity index (χ0v) is 15.9. The molecule has 144 valence electrons. The highest BCUT2D eigenvalue weighted by molar-refractivity contribution is 5.89. The smallest absolute Gasteiger partial charge is 0.357 e. The highest BCUT2D eigenvalue weighted by atomic mass is 19.1. The Labute approximate surface area is 154 Å². The summed E-state index contributed by atoms with van der Waals surface area (Å²) in [5.74, 6) is -1.27. The van der Waals surface area contributed by atoms with Crippen LogP contribution in [0.4, 0.5) is 4.39 Å². The van der Waals surface area contributed by atoms with Crippen molar-refractivity contribution in [1.29, 1.82) is 0 Å². The fourth-order valence-corrected chi connectivity index (χ4v) is 3.00. The molecule has 5 nitrogen and oxygen atoms in total. The van der Waals surface area contributed by atoms with Crippen molar-refractivity contribution in [3.63, 3.8) is 0 Å². The van der Waals surface area contributed by atoms with Gasteiger partial charge in [0.15, 0.2) is 11.5 Å². The van der Waals surface area contributed by atoms with Gasteiger partial charge in [0, 0.05) is 30.1 Å². The number of ether oxygens (including phenoxy) is 1. The summed E-state index contributed by atoms with van der Waals surface area (Å²) in [6.07, 6.45) is 15.0. The standard InChI is InChI=1S/C20H30FN3O2/c1-3-5-6-7-8-9-10-11-12-24-15-16(13-23-24)17-14-22-19(18(17)21)20(25)26-4-2/h13-15,22H,3-12H2,1-2H3. The van der Waals surface area contributed by atoms with Crippen molar-refractivity contribution in [3.05, 3.63) is 30.1 Å². The minimum Gasteiger partial charge on any atom is -0.461 e. The largest absolute Gasteiger partial charge is 0.461 e. The molecule has 0 radical (unpaired) electrons. The summed E-state index contributed by atoms with van der Waals surface area (Å²) in [6, 6.07) is 0. The number of esters is 1. The molecule has 0 saturated heterocycles. The van der Waals surface area contributed by atoms with Gasteiger partial charge in [0.1, 0.15) is 0 Å². The van der Waals surface area contributed by atoms with E-state index in [0.29, 0.717) is 11.1 Å². The number of carbonyl (C=O) groups is 1. The van der Waals surface area contributed by atoms with Crippen LogP contribution in [0.2, 0.25) is 0 Å². The van der Waals surface area contributed by atoms with Crippen LogP contribution >= 0.6 is 0 Å². The lowest BCUT2D eigenvalue weighted by Gasteiger charge is -2.02. The van der Waals surface area contributed by atoms with Crippen molar-refractivity contribution in [2.75, 3.05) is 6.61 Å². The molecule has 0 aliphatic heterocycles. The van der Waals surface area contributed by atoms with Crippen molar-refractivity contribution in [2.24, 2.45) is 0 Å². The molecule has 26 heavy (non-hydrogen) atoms. The molecular weight excluding hydrogens is 333 g/mol. The maximum absolute atomic E-state index is 14.4. The lowest BCUT2D eigenvalue weighted by molar-refractivity contribution is 0.0515. The Hall–Kier alpha value is -2.11. The van der Waals surface area contributed by atoms with Crippen LogP contribution in [0.15, 0.2) is 18.6 Å². The van der Waals surface area contributed by atoms with Gasteiger partial charge in [-0.1, -0.05) is 51.9 Å². The second-order valence-electron chi connectivity index (χ2n) is 6.58. The van der Waals surface area contributed by atoms with Crippen molar-refractivity contribution in [2.45, 2.75) is 71.8 Å². The monoisotopic (exact) mass is 363 g/mol. The third-order valence-electron chi connectivity index (χ3n) is 4.48. The first-order chi connectivity index (χ1) is 12.7. The summed E-state index contributed by atoms with van der Waals surface area (Å²) in [6.45, 7) is 4.96. The molecular formula is C20H30FN3O2. The number of hydrogen-bond donors (Lipinski definition) is 1. The van der Waals surface area contributed by atoms with E-state index < -0.39 is 11.8 Å². The molecule has 1 N–H and O–H groups in total. The SMILES string of the molecule is CCCCCCCCCCn1cc(-c2c[nH]c(C(=O)OCC)c2F)cn1. The molecule has 2 aromatic heterocycles. The Morgan fingerprint density at radius 2 is 1.85 bits per heavy atom. The Morgan fingerprint density at radius 3 is 2.54 bits per heavy atom. The summed E-state index contributed by atoms with van der Waals surface area (Å²) in [5.41, 5.74) is 0.863. The van der Waals surface area contributed by atoms with Crippen LogP contribution in [-0.2, 0) is 11.3 Å². The second-order valence-corrected chi connectivity index (χ2v) is 6.58. The number of H-pyrrole nitrogens is 1. The van der Waals surface area contributed by atoms with Crippen LogP contribution in [0.1, 0.15) is 75.7 Å². The molecule has 2 heterocycles. The molecule has 0 saturated carbocycles. The zero-order valence-electron chi connectivity index (χ0n) is 15.9. The van der Waals surface area contributed by atoms with Gasteiger partial charge in [-0.05, 0) is 13.3 Å². The Morgan fingerprint density at radius 1 is 1.15 bits per heavy atom. The average Bonchev–Trinajstić information content (AvgIpc) is 3.24. The van der Waals surface area contributed by atoms with Crippen LogP contribution in [0.5, 0.6) is 0 Å². The summed E-state index contributed by atoms with van der Waals surface area (Å²) >= 11 is 0. The summed E-state index contributed by atoms with van der Waals surface area (Å²) in [5, 5.41) is 4.30. The number of nitrogens with zero attached hydrogens (tertiary/aromatic N) is 2. The number of nitrogens with one attached hydrogen (secondary N) is 1. The molecule has 2 aromatic rings. The van der Waals surface area contributed by atoms with E-state index in [1.165, 1.54) is 51.1 Å². The number of aromatic amines is 1. The van der Waals surface area contributed by atoms with Crippen LogP contribution in [0.25, 0.3) is 11.1 Å². The van der Waals surface area contributed by atoms with E-state index in [1.54, 1.807) is 13.1 Å². The predicted octanol–water partition coefficient (Wildman–Crippen LogP) is 5.33. The van der Waals surface area contributed by atoms with Crippen molar-refractivity contribution in [1.82, 2.24) is 14.8 Å². The van der Waals surface area contributed by atoms with Gasteiger partial charge >= 0.3 is 5.97 Å². The van der Waals surface area contributed by atoms with E-state index >= 15 is 0 Å². The first kappa shape index (κ1) is 20.2. The summed E-state index contributed by atoms with van der Waals surface area (Å²) in [7, 11) is 0. The third kappa shape index (κ3) is 5.71. The number of hydrogen-bond acceptors (Lipinski definition) is 3. The van der Waals surface area contributed by atoms with Crippen LogP contribution in [0, 0.1) is 5.82 Å². The van der Waals surface area contributed by atoms with Gasteiger partial charge in [0.2, 0.25) is 0 Å². The van der Waals surface area contributed by atoms with E-state index in [-0.39, 0.29) is 12.3 Å². The molecule has 0 atom stereocenters. The molecule has 0 unspecified atom stereocenters. The highest BCUT2D eigenvalue weighted by Gasteiger charge is 2.20. The molecule has 0 bridgehead atoms. The summed E-state index contributed by atoms with van der Waals surface area (Å²) < 4.78 is 21.1. The third-order valence-corrected chi connectivity index (χ3v) is 4.48. The van der Waals surface area contributed by atoms with Gasteiger partial charge in [-0.2, -0.15) is 5.10 Å². The Balaban J connectivity index is 1.80. The predicted molar refractivity (Wildman–Crippen MR) is 101 cm³/mol. The minimum atomic E-state index is -0.678. The Kier molecular flexibility index (Phi) is 8.38. The van der Waals surface area contributed by atoms with E-state index in [1.807, 2.05) is 10.9 Å². The Bertz CT molecular complexity index is 678. The summed E-state index contributed by atoms with van der Waals surface area (Å²) in [4.78, 5) is 14.3. The molecule has 0 aliphatic carbocycles. The van der Waals surface area contributed by atoms with Crippen molar-refractivity contribution < 1.29 is 13.9 Å². The van der Waals surface area contributed by atoms with Crippen LogP contribution < -0.4 is 0 Å². The van der Waals surface area contributed by atoms with Gasteiger partial charge in [0.25, 0.3) is 0 Å². The molecule has 0 aliphatic rings. The normalized spacial score (nSPS) is 11.0. The highest BCUT2D eigenvalue weighted by Crippen LogP contribution is 2.25. The fourth-order valence-electron chi connectivity index (χ4n) is 3.00. The van der Waals surface area contributed by atoms with Gasteiger partial charge in [0.05, 0.1) is 12.8 Å². The molecule has 0 amide bonds.